The lowest BCUT2D eigenvalue weighted by Gasteiger charge is -2.15. The molecule has 0 bridgehead atoms. The Kier molecular flexibility index (Phi) is 6.80. The molecule has 0 amide bonds. The van der Waals surface area contributed by atoms with E-state index in [4.69, 9.17) is 10.5 Å². The molecular formula is C15H13ClF5NO2. The average molecular weight is 370 g/mol. The summed E-state index contributed by atoms with van der Waals surface area (Å²) in [6, 6.07) is 6.23. The highest BCUT2D eigenvalue weighted by atomic mass is 35.5. The van der Waals surface area contributed by atoms with Gasteiger partial charge in [0.15, 0.2) is 11.5 Å². The van der Waals surface area contributed by atoms with Crippen molar-refractivity contribution in [2.45, 2.75) is 6.36 Å². The summed E-state index contributed by atoms with van der Waals surface area (Å²) < 4.78 is 72.9. The van der Waals surface area contributed by atoms with E-state index in [-0.39, 0.29) is 42.4 Å². The van der Waals surface area contributed by atoms with Crippen LogP contribution in [0, 0.1) is 11.6 Å². The van der Waals surface area contributed by atoms with Crippen molar-refractivity contribution in [2.24, 2.45) is 5.73 Å². The minimum atomic E-state index is -4.94. The molecule has 0 aliphatic heterocycles. The number of rotatable bonds is 5. The van der Waals surface area contributed by atoms with Gasteiger partial charge in [-0.2, -0.15) is 0 Å². The Labute approximate surface area is 140 Å². The first kappa shape index (κ1) is 20.0. The van der Waals surface area contributed by atoms with Gasteiger partial charge in [-0.05, 0) is 35.4 Å². The van der Waals surface area contributed by atoms with Gasteiger partial charge < -0.3 is 15.2 Å². The number of hydrogen-bond acceptors (Lipinski definition) is 3. The van der Waals surface area contributed by atoms with Crippen molar-refractivity contribution in [1.29, 1.82) is 0 Å². The maximum atomic E-state index is 13.2. The molecule has 2 rings (SSSR count). The summed E-state index contributed by atoms with van der Waals surface area (Å²) in [5.74, 6) is -2.48. The Morgan fingerprint density at radius 2 is 1.50 bits per heavy atom. The van der Waals surface area contributed by atoms with Crippen molar-refractivity contribution in [3.8, 4) is 22.6 Å². The quantitative estimate of drug-likeness (QED) is 0.800. The third kappa shape index (κ3) is 5.54. The molecule has 0 aliphatic rings. The topological polar surface area (TPSA) is 44.5 Å². The lowest BCUT2D eigenvalue weighted by atomic mass is 10.0. The summed E-state index contributed by atoms with van der Waals surface area (Å²) in [6.45, 7) is 0.0878. The smallest absolute Gasteiger partial charge is 0.488 e. The zero-order valence-electron chi connectivity index (χ0n) is 12.1. The molecule has 0 radical (unpaired) electrons. The highest BCUT2D eigenvalue weighted by Gasteiger charge is 2.32. The van der Waals surface area contributed by atoms with Crippen molar-refractivity contribution < 1.29 is 31.4 Å². The molecule has 24 heavy (non-hydrogen) atoms. The van der Waals surface area contributed by atoms with E-state index in [0.29, 0.717) is 6.07 Å². The molecule has 0 aromatic heterocycles. The summed E-state index contributed by atoms with van der Waals surface area (Å²) >= 11 is 0. The fraction of sp³-hybridized carbons (Fsp3) is 0.200. The Hall–Kier alpha value is -2.06. The van der Waals surface area contributed by atoms with E-state index in [2.05, 4.69) is 4.74 Å². The van der Waals surface area contributed by atoms with Crippen LogP contribution in [-0.2, 0) is 0 Å². The summed E-state index contributed by atoms with van der Waals surface area (Å²) in [5.41, 5.74) is 5.45. The van der Waals surface area contributed by atoms with Gasteiger partial charge in [-0.25, -0.2) is 8.78 Å². The number of alkyl halides is 3. The van der Waals surface area contributed by atoms with Crippen LogP contribution in [0.3, 0.4) is 0 Å². The largest absolute Gasteiger partial charge is 0.573 e. The highest BCUT2D eigenvalue weighted by Crippen LogP contribution is 2.36. The maximum Gasteiger partial charge on any atom is 0.573 e. The third-order valence-electron chi connectivity index (χ3n) is 2.74. The van der Waals surface area contributed by atoms with Crippen molar-refractivity contribution in [3.63, 3.8) is 0 Å². The summed E-state index contributed by atoms with van der Waals surface area (Å²) in [5, 5.41) is 0. The Morgan fingerprint density at radius 3 is 2.04 bits per heavy atom. The number of halogens is 6. The van der Waals surface area contributed by atoms with Crippen LogP contribution in [0.1, 0.15) is 0 Å². The molecule has 132 valence electrons. The van der Waals surface area contributed by atoms with E-state index in [1.807, 2.05) is 0 Å². The lowest BCUT2D eigenvalue weighted by molar-refractivity contribution is -0.275. The molecule has 3 nitrogen and oxygen atoms in total. The Bertz CT molecular complexity index is 674. The monoisotopic (exact) mass is 369 g/mol. The molecule has 2 N–H and O–H groups in total. The van der Waals surface area contributed by atoms with Gasteiger partial charge in [0.1, 0.15) is 18.2 Å². The summed E-state index contributed by atoms with van der Waals surface area (Å²) in [4.78, 5) is 0. The van der Waals surface area contributed by atoms with Gasteiger partial charge in [0.05, 0.1) is 0 Å². The van der Waals surface area contributed by atoms with E-state index in [9.17, 15) is 22.0 Å². The first-order valence-electron chi connectivity index (χ1n) is 6.47. The first-order chi connectivity index (χ1) is 10.8. The molecule has 0 saturated heterocycles. The van der Waals surface area contributed by atoms with Crippen LogP contribution in [0.25, 0.3) is 11.1 Å². The van der Waals surface area contributed by atoms with E-state index in [0.717, 1.165) is 18.2 Å². The molecule has 0 fully saturated rings. The average Bonchev–Trinajstić information content (AvgIpc) is 2.43. The zero-order chi connectivity index (χ0) is 17.0. The fourth-order valence-corrected chi connectivity index (χ4v) is 1.90. The van der Waals surface area contributed by atoms with Gasteiger partial charge in [0, 0.05) is 12.6 Å². The number of benzene rings is 2. The second kappa shape index (κ2) is 8.16. The van der Waals surface area contributed by atoms with Crippen LogP contribution < -0.4 is 15.2 Å². The molecule has 0 saturated carbocycles. The van der Waals surface area contributed by atoms with Crippen molar-refractivity contribution in [3.05, 3.63) is 48.0 Å². The molecule has 0 aliphatic carbocycles. The predicted octanol–water partition coefficient (Wildman–Crippen LogP) is 4.29. The standard InChI is InChI=1S/C15H12F5NO2.ClH/c16-11-5-10(6-12(17)8-11)9-1-2-13(22-4-3-21)14(7-9)23-15(18,19)20;/h1-2,5-8H,3-4,21H2;1H. The van der Waals surface area contributed by atoms with Gasteiger partial charge in [-0.15, -0.1) is 25.6 Å². The number of ether oxygens (including phenoxy) is 2. The molecule has 0 atom stereocenters. The highest BCUT2D eigenvalue weighted by molar-refractivity contribution is 5.85. The molecule has 9 heteroatoms. The Morgan fingerprint density at radius 1 is 0.875 bits per heavy atom. The zero-order valence-corrected chi connectivity index (χ0v) is 12.9. The minimum Gasteiger partial charge on any atom is -0.488 e. The first-order valence-corrected chi connectivity index (χ1v) is 6.47. The molecule has 0 heterocycles. The molecule has 0 spiro atoms. The van der Waals surface area contributed by atoms with Crippen molar-refractivity contribution in [1.82, 2.24) is 0 Å². The van der Waals surface area contributed by atoms with Crippen LogP contribution in [0.5, 0.6) is 11.5 Å². The number of nitrogens with two attached hydrogens (primary N) is 1. The van der Waals surface area contributed by atoms with Crippen LogP contribution in [0.4, 0.5) is 22.0 Å². The summed E-state index contributed by atoms with van der Waals surface area (Å²) in [6.07, 6.45) is -4.94. The van der Waals surface area contributed by atoms with Gasteiger partial charge in [0.25, 0.3) is 0 Å². The molecule has 2 aromatic rings. The van der Waals surface area contributed by atoms with Crippen molar-refractivity contribution >= 4 is 12.4 Å². The Balaban J connectivity index is 0.00000288. The predicted molar refractivity (Wildman–Crippen MR) is 80.3 cm³/mol. The van der Waals surface area contributed by atoms with Gasteiger partial charge in [-0.3, -0.25) is 0 Å². The van der Waals surface area contributed by atoms with Crippen LogP contribution in [0.2, 0.25) is 0 Å². The van der Waals surface area contributed by atoms with Crippen molar-refractivity contribution in [2.75, 3.05) is 13.2 Å². The minimum absolute atomic E-state index is 0. The third-order valence-corrected chi connectivity index (χ3v) is 2.74. The normalized spacial score (nSPS) is 10.9. The molecule has 0 unspecified atom stereocenters. The lowest BCUT2D eigenvalue weighted by Crippen LogP contribution is -2.18. The summed E-state index contributed by atoms with van der Waals surface area (Å²) in [7, 11) is 0. The van der Waals surface area contributed by atoms with Crippen LogP contribution >= 0.6 is 12.4 Å². The fourth-order valence-electron chi connectivity index (χ4n) is 1.90. The maximum absolute atomic E-state index is 13.2. The van der Waals surface area contributed by atoms with E-state index in [1.165, 1.54) is 12.1 Å². The number of hydrogen-bond donors (Lipinski definition) is 1. The molecule has 2 aromatic carbocycles. The van der Waals surface area contributed by atoms with E-state index >= 15 is 0 Å². The van der Waals surface area contributed by atoms with Gasteiger partial charge >= 0.3 is 6.36 Å². The van der Waals surface area contributed by atoms with Gasteiger partial charge in [-0.1, -0.05) is 6.07 Å². The van der Waals surface area contributed by atoms with E-state index < -0.39 is 23.7 Å². The molecular weight excluding hydrogens is 357 g/mol. The SMILES string of the molecule is Cl.NCCOc1ccc(-c2cc(F)cc(F)c2)cc1OC(F)(F)F. The second-order valence-corrected chi connectivity index (χ2v) is 4.50. The van der Waals surface area contributed by atoms with Gasteiger partial charge in [0.2, 0.25) is 0 Å². The second-order valence-electron chi connectivity index (χ2n) is 4.50. The van der Waals surface area contributed by atoms with Crippen LogP contribution in [0.15, 0.2) is 36.4 Å². The van der Waals surface area contributed by atoms with E-state index in [1.54, 1.807) is 0 Å². The van der Waals surface area contributed by atoms with Crippen LogP contribution in [-0.4, -0.2) is 19.5 Å².